The third kappa shape index (κ3) is 12.2. The van der Waals surface area contributed by atoms with E-state index in [1.165, 1.54) is 234 Å². The zero-order valence-electron chi connectivity index (χ0n) is 58.2. The largest absolute Gasteiger partial charge is 0.469 e. The summed E-state index contributed by atoms with van der Waals surface area (Å²) in [6.07, 6.45) is 27.5. The minimum absolute atomic E-state index is 0.437. The molecule has 7 aromatic heterocycles. The van der Waals surface area contributed by atoms with Crippen LogP contribution in [-0.2, 0) is 43.6 Å². The molecule has 9 heterocycles. The highest BCUT2D eigenvalue weighted by Crippen LogP contribution is 2.64. The molecule has 96 heavy (non-hydrogen) atoms. The number of benzene rings is 5. The molecule has 12 aromatic rings. The molecule has 0 amide bonds. The summed E-state index contributed by atoms with van der Waals surface area (Å²) in [5.41, 5.74) is 17.7. The van der Waals surface area contributed by atoms with E-state index >= 15 is 0 Å². The molecule has 2 aliphatic heterocycles. The lowest BCUT2D eigenvalue weighted by molar-refractivity contribution is 0.155. The number of thiophene rings is 4. The summed E-state index contributed by atoms with van der Waals surface area (Å²) in [4.78, 5) is 6.39. The Hall–Kier alpha value is -5.35. The topological polar surface area (TPSA) is 54.1 Å². The molecule has 3 atom stereocenters. The predicted octanol–water partition coefficient (Wildman–Crippen LogP) is 26.9. The molecular formula is C84H97IN4O2S5. The molecule has 0 N–H and O–H groups in total. The molecule has 5 aromatic carbocycles. The van der Waals surface area contributed by atoms with Gasteiger partial charge in [0.2, 0.25) is 0 Å². The highest BCUT2D eigenvalue weighted by Gasteiger charge is 2.50. The Balaban J connectivity index is 1.06. The van der Waals surface area contributed by atoms with Gasteiger partial charge in [-0.1, -0.05) is 247 Å². The molecule has 0 spiro atoms. The molecule has 0 saturated heterocycles. The van der Waals surface area contributed by atoms with Crippen LogP contribution in [0.5, 0.6) is 11.5 Å². The summed E-state index contributed by atoms with van der Waals surface area (Å²) >= 11 is 11.7. The molecule has 2 aliphatic rings. The number of aromatic nitrogens is 4. The lowest BCUT2D eigenvalue weighted by atomic mass is 9.78. The van der Waals surface area contributed by atoms with Crippen molar-refractivity contribution in [1.29, 1.82) is 0 Å². The highest BCUT2D eigenvalue weighted by atomic mass is 127. The SMILES string of the molecule is CCCCCCc1ccc(C2(c3ccc(CCCCCC)cc3)Oc3c(sc4c5c6nsnc6c6c7sc8c(c7n(CC(CC)CCCC)c6c5n(CC(CC)CCCC)c34)OC(c3ccc(C)cc3)(c3ccc(CCCCCC)cc3)c3cc(I)sc3-8)-c3sc(C)cc32)cc1. The van der Waals surface area contributed by atoms with Crippen LogP contribution in [0.1, 0.15) is 237 Å². The second-order valence-electron chi connectivity index (χ2n) is 28.2. The van der Waals surface area contributed by atoms with Crippen LogP contribution in [0.3, 0.4) is 0 Å². The van der Waals surface area contributed by atoms with Gasteiger partial charge < -0.3 is 18.6 Å². The van der Waals surface area contributed by atoms with Crippen molar-refractivity contribution < 1.29 is 9.47 Å². The standard InChI is InChI=1S/C84H97IN4O2S5/c1-10-17-22-25-30-57-35-43-61(44-36-57)83(62-45-37-58(38-46-62)31-26-23-18-11-2)64-49-54(9)92-77(64)81-75(90-83)73-79(94-81)67-69-70(87-96-86-69)68-72(71(67)88(73)51-55(15-6)28-20-13-4)89(52-56(16-7)29-21-14-5)74-76-82(95-80(68)74)78-65(50-66(85)93-78)84(91-76,60-41-33-53(8)34-42-60)63-47-39-59(40-48-63)32-27-24-19-12-3/h33-50,55-56H,10-32,51-52H2,1-9H3. The quantitative estimate of drug-likeness (QED) is 0.0321. The van der Waals surface area contributed by atoms with Gasteiger partial charge in [-0.15, -0.1) is 45.3 Å². The van der Waals surface area contributed by atoms with Crippen LogP contribution in [0.4, 0.5) is 0 Å². The molecule has 12 heteroatoms. The second-order valence-corrected chi connectivity index (χ2v) is 35.0. The van der Waals surface area contributed by atoms with Crippen LogP contribution in [0.25, 0.3) is 72.8 Å². The normalized spacial score (nSPS) is 15.6. The first kappa shape index (κ1) is 67.8. The van der Waals surface area contributed by atoms with Crippen molar-refractivity contribution in [2.75, 3.05) is 0 Å². The van der Waals surface area contributed by atoms with E-state index in [2.05, 4.69) is 203 Å². The number of unbranched alkanes of at least 4 members (excludes halogenated alkanes) is 11. The summed E-state index contributed by atoms with van der Waals surface area (Å²) < 4.78 is 37.2. The number of aryl methyl sites for hydroxylation is 5. The van der Waals surface area contributed by atoms with Crippen molar-refractivity contribution in [2.45, 2.75) is 234 Å². The smallest absolute Gasteiger partial charge is 0.186 e. The molecule has 3 unspecified atom stereocenters. The first-order valence-corrected chi connectivity index (χ1v) is 42.0. The van der Waals surface area contributed by atoms with E-state index in [0.29, 0.717) is 11.8 Å². The molecule has 0 aliphatic carbocycles. The van der Waals surface area contributed by atoms with Crippen LogP contribution >= 0.6 is 79.7 Å². The summed E-state index contributed by atoms with van der Waals surface area (Å²) in [5.74, 6) is 2.88. The van der Waals surface area contributed by atoms with Gasteiger partial charge in [0, 0.05) is 62.1 Å². The molecular weight excluding hydrogens is 1380 g/mol. The van der Waals surface area contributed by atoms with Crippen LogP contribution in [-0.4, -0.2) is 17.9 Å². The third-order valence-corrected chi connectivity index (χ3v) is 27.7. The highest BCUT2D eigenvalue weighted by molar-refractivity contribution is 14.1. The fraction of sp³-hybridized carbons (Fsp3) is 0.452. The van der Waals surface area contributed by atoms with Gasteiger partial charge >= 0.3 is 0 Å². The van der Waals surface area contributed by atoms with Crippen LogP contribution in [0.15, 0.2) is 109 Å². The van der Waals surface area contributed by atoms with Gasteiger partial charge in [-0.2, -0.15) is 8.75 Å². The molecule has 0 saturated carbocycles. The van der Waals surface area contributed by atoms with Crippen molar-refractivity contribution >= 4 is 133 Å². The first-order valence-electron chi connectivity index (χ1n) is 36.9. The lowest BCUT2D eigenvalue weighted by Gasteiger charge is -2.39. The Labute approximate surface area is 604 Å². The summed E-state index contributed by atoms with van der Waals surface area (Å²) in [5, 5.41) is 2.44. The van der Waals surface area contributed by atoms with Crippen molar-refractivity contribution in [3.05, 3.63) is 173 Å². The summed E-state index contributed by atoms with van der Waals surface area (Å²) in [6.45, 7) is 22.7. The number of rotatable bonds is 31. The van der Waals surface area contributed by atoms with Gasteiger partial charge in [-0.05, 0) is 128 Å². The second kappa shape index (κ2) is 29.5. The molecule has 0 fully saturated rings. The Morgan fingerprint density at radius 3 is 1.21 bits per heavy atom. The van der Waals surface area contributed by atoms with Gasteiger partial charge in [-0.3, -0.25) is 0 Å². The van der Waals surface area contributed by atoms with E-state index < -0.39 is 11.2 Å². The van der Waals surface area contributed by atoms with Gasteiger partial charge in [0.1, 0.15) is 22.1 Å². The Morgan fingerprint density at radius 1 is 0.427 bits per heavy atom. The monoisotopic (exact) mass is 1480 g/mol. The maximum Gasteiger partial charge on any atom is 0.186 e. The zero-order valence-corrected chi connectivity index (χ0v) is 64.5. The minimum Gasteiger partial charge on any atom is -0.469 e. The van der Waals surface area contributed by atoms with E-state index in [1.54, 1.807) is 0 Å². The average molecular weight is 1480 g/mol. The first-order chi connectivity index (χ1) is 47.0. The van der Waals surface area contributed by atoms with Crippen molar-refractivity contribution in [1.82, 2.24) is 17.9 Å². The number of halogens is 1. The van der Waals surface area contributed by atoms with E-state index in [4.69, 9.17) is 18.2 Å². The van der Waals surface area contributed by atoms with Crippen LogP contribution in [0, 0.1) is 28.6 Å². The van der Waals surface area contributed by atoms with Gasteiger partial charge in [-0.25, -0.2) is 0 Å². The zero-order chi connectivity index (χ0) is 66.2. The van der Waals surface area contributed by atoms with E-state index in [9.17, 15) is 0 Å². The minimum atomic E-state index is -0.909. The molecule has 0 radical (unpaired) electrons. The molecule has 14 rings (SSSR count). The fourth-order valence-corrected chi connectivity index (χ4v) is 22.5. The lowest BCUT2D eigenvalue weighted by Crippen LogP contribution is -2.38. The Bertz CT molecular complexity index is 4610. The maximum absolute atomic E-state index is 8.46. The van der Waals surface area contributed by atoms with Crippen LogP contribution in [0.2, 0.25) is 0 Å². The third-order valence-electron chi connectivity index (χ3n) is 21.6. The molecule has 6 nitrogen and oxygen atoms in total. The van der Waals surface area contributed by atoms with Gasteiger partial charge in [0.25, 0.3) is 0 Å². The maximum atomic E-state index is 8.46. The van der Waals surface area contributed by atoms with Crippen molar-refractivity contribution in [2.24, 2.45) is 11.8 Å². The number of ether oxygens (including phenoxy) is 2. The number of nitrogens with zero attached hydrogens (tertiary/aromatic N) is 4. The van der Waals surface area contributed by atoms with Gasteiger partial charge in [0.15, 0.2) is 22.7 Å². The van der Waals surface area contributed by atoms with Crippen molar-refractivity contribution in [3.8, 4) is 31.0 Å². The van der Waals surface area contributed by atoms with Crippen molar-refractivity contribution in [3.63, 3.8) is 0 Å². The predicted molar refractivity (Wildman–Crippen MR) is 425 cm³/mol. The Kier molecular flexibility index (Phi) is 20.8. The Morgan fingerprint density at radius 2 is 0.812 bits per heavy atom. The fourth-order valence-electron chi connectivity index (χ4n) is 16.1. The summed E-state index contributed by atoms with van der Waals surface area (Å²) in [6, 6.07) is 43.1. The van der Waals surface area contributed by atoms with Crippen LogP contribution < -0.4 is 9.47 Å². The average Bonchev–Trinajstić information content (AvgIpc) is 1.50. The van der Waals surface area contributed by atoms with E-state index in [-0.39, 0.29) is 0 Å². The van der Waals surface area contributed by atoms with Gasteiger partial charge in [0.05, 0.1) is 54.6 Å². The van der Waals surface area contributed by atoms with E-state index in [0.717, 1.165) is 86.1 Å². The number of fused-ring (bicyclic) bond motifs is 18. The molecule has 0 bridgehead atoms. The molecule has 502 valence electrons. The number of hydrogen-bond donors (Lipinski definition) is 0. The summed E-state index contributed by atoms with van der Waals surface area (Å²) in [7, 11) is 0. The van der Waals surface area contributed by atoms with E-state index in [1.807, 2.05) is 45.3 Å². The number of hydrogen-bond acceptors (Lipinski definition) is 9.